The molecule has 1 fully saturated rings. The molecule has 0 unspecified atom stereocenters. The Hall–Kier alpha value is -0.570. The van der Waals surface area contributed by atoms with Crippen LogP contribution in [0, 0.1) is 0 Å². The molecule has 0 spiro atoms. The summed E-state index contributed by atoms with van der Waals surface area (Å²) in [4.78, 5) is 0. The minimum Gasteiger partial charge on any atom is -0.313 e. The second kappa shape index (κ2) is 5.50. The lowest BCUT2D eigenvalue weighted by atomic mass is 10.2. The van der Waals surface area contributed by atoms with Crippen molar-refractivity contribution >= 4 is 11.6 Å². The van der Waals surface area contributed by atoms with Gasteiger partial charge in [-0.15, -0.1) is 0 Å². The summed E-state index contributed by atoms with van der Waals surface area (Å²) >= 11 is 5.81. The third kappa shape index (κ3) is 4.20. The van der Waals surface area contributed by atoms with E-state index < -0.39 is 0 Å². The Morgan fingerprint density at radius 3 is 2.53 bits per heavy atom. The molecule has 1 aliphatic carbocycles. The Labute approximate surface area is 96.0 Å². The van der Waals surface area contributed by atoms with Gasteiger partial charge in [0.05, 0.1) is 0 Å². The first kappa shape index (κ1) is 10.9. The normalized spacial score (nSPS) is 15.5. The van der Waals surface area contributed by atoms with Crippen LogP contribution in [0.2, 0.25) is 5.02 Å². The molecule has 0 atom stereocenters. The van der Waals surface area contributed by atoms with E-state index in [1.54, 1.807) is 0 Å². The lowest BCUT2D eigenvalue weighted by molar-refractivity contribution is 0.608. The molecule has 2 rings (SSSR count). The molecule has 2 nitrogen and oxygen atoms in total. The fourth-order valence-electron chi connectivity index (χ4n) is 1.49. The number of hydrogen-bond acceptors (Lipinski definition) is 2. The van der Waals surface area contributed by atoms with Gasteiger partial charge in [-0.1, -0.05) is 23.7 Å². The Balaban J connectivity index is 1.58. The van der Waals surface area contributed by atoms with Crippen molar-refractivity contribution < 1.29 is 0 Å². The molecule has 82 valence electrons. The molecule has 0 amide bonds. The fourth-order valence-corrected chi connectivity index (χ4v) is 1.61. The van der Waals surface area contributed by atoms with Crippen LogP contribution < -0.4 is 10.6 Å². The minimum absolute atomic E-state index is 0.800. The van der Waals surface area contributed by atoms with Crippen LogP contribution in [0.1, 0.15) is 18.4 Å². The average molecular weight is 225 g/mol. The molecule has 1 aromatic carbocycles. The first-order valence-electron chi connectivity index (χ1n) is 5.53. The second-order valence-corrected chi connectivity index (χ2v) is 4.47. The highest BCUT2D eigenvalue weighted by Crippen LogP contribution is 2.17. The maximum Gasteiger partial charge on any atom is 0.0406 e. The maximum absolute atomic E-state index is 5.81. The number of benzene rings is 1. The van der Waals surface area contributed by atoms with Crippen LogP contribution >= 0.6 is 11.6 Å². The van der Waals surface area contributed by atoms with Crippen LogP contribution in [0.3, 0.4) is 0 Å². The van der Waals surface area contributed by atoms with E-state index in [1.807, 2.05) is 12.1 Å². The lowest BCUT2D eigenvalue weighted by Crippen LogP contribution is -2.28. The monoisotopic (exact) mass is 224 g/mol. The predicted molar refractivity (Wildman–Crippen MR) is 64.2 cm³/mol. The lowest BCUT2D eigenvalue weighted by Gasteiger charge is -2.05. The molecule has 0 radical (unpaired) electrons. The summed E-state index contributed by atoms with van der Waals surface area (Å²) in [5.41, 5.74) is 1.28. The predicted octanol–water partition coefficient (Wildman–Crippen LogP) is 2.18. The summed E-state index contributed by atoms with van der Waals surface area (Å²) in [6, 6.07) is 8.79. The zero-order chi connectivity index (χ0) is 10.5. The highest BCUT2D eigenvalue weighted by Gasteiger charge is 2.19. The van der Waals surface area contributed by atoms with E-state index in [0.29, 0.717) is 0 Å². The molecule has 0 aliphatic heterocycles. The SMILES string of the molecule is Clc1ccc(CNCCNC2CC2)cc1. The molecule has 0 saturated heterocycles. The molecule has 0 heterocycles. The van der Waals surface area contributed by atoms with Gasteiger partial charge in [0.25, 0.3) is 0 Å². The van der Waals surface area contributed by atoms with Crippen LogP contribution in [0.4, 0.5) is 0 Å². The van der Waals surface area contributed by atoms with Gasteiger partial charge in [-0.3, -0.25) is 0 Å². The molecule has 1 saturated carbocycles. The summed E-state index contributed by atoms with van der Waals surface area (Å²) < 4.78 is 0. The van der Waals surface area contributed by atoms with Gasteiger partial charge in [0.2, 0.25) is 0 Å². The quantitative estimate of drug-likeness (QED) is 0.724. The smallest absolute Gasteiger partial charge is 0.0406 e. The summed E-state index contributed by atoms with van der Waals surface area (Å²) in [5, 5.41) is 7.67. The van der Waals surface area contributed by atoms with Gasteiger partial charge in [0, 0.05) is 30.7 Å². The molecule has 2 N–H and O–H groups in total. The van der Waals surface area contributed by atoms with Crippen molar-refractivity contribution in [1.29, 1.82) is 0 Å². The number of hydrogen-bond donors (Lipinski definition) is 2. The van der Waals surface area contributed by atoms with Gasteiger partial charge in [-0.25, -0.2) is 0 Å². The van der Waals surface area contributed by atoms with E-state index in [-0.39, 0.29) is 0 Å². The van der Waals surface area contributed by atoms with Crippen LogP contribution in [0.15, 0.2) is 24.3 Å². The van der Waals surface area contributed by atoms with E-state index >= 15 is 0 Å². The van der Waals surface area contributed by atoms with Gasteiger partial charge >= 0.3 is 0 Å². The molecule has 1 aromatic rings. The fraction of sp³-hybridized carbons (Fsp3) is 0.500. The largest absolute Gasteiger partial charge is 0.313 e. The summed E-state index contributed by atoms with van der Waals surface area (Å²) in [7, 11) is 0. The molecular weight excluding hydrogens is 208 g/mol. The summed E-state index contributed by atoms with van der Waals surface area (Å²) in [6.45, 7) is 3.01. The number of halogens is 1. The zero-order valence-electron chi connectivity index (χ0n) is 8.80. The first-order valence-corrected chi connectivity index (χ1v) is 5.91. The second-order valence-electron chi connectivity index (χ2n) is 4.03. The van der Waals surface area contributed by atoms with E-state index in [4.69, 9.17) is 11.6 Å². The molecule has 15 heavy (non-hydrogen) atoms. The van der Waals surface area contributed by atoms with Crippen LogP contribution in [-0.4, -0.2) is 19.1 Å². The highest BCUT2D eigenvalue weighted by molar-refractivity contribution is 6.30. The van der Waals surface area contributed by atoms with Crippen molar-refractivity contribution in [2.24, 2.45) is 0 Å². The molecule has 1 aliphatic rings. The number of rotatable bonds is 6. The summed E-state index contributed by atoms with van der Waals surface area (Å²) in [5.74, 6) is 0. The van der Waals surface area contributed by atoms with E-state index in [1.165, 1.54) is 18.4 Å². The van der Waals surface area contributed by atoms with Crippen molar-refractivity contribution in [3.8, 4) is 0 Å². The van der Waals surface area contributed by atoms with Crippen molar-refractivity contribution in [2.45, 2.75) is 25.4 Å². The zero-order valence-corrected chi connectivity index (χ0v) is 9.56. The highest BCUT2D eigenvalue weighted by atomic mass is 35.5. The first-order chi connectivity index (χ1) is 7.34. The van der Waals surface area contributed by atoms with Gasteiger partial charge in [0.15, 0.2) is 0 Å². The van der Waals surface area contributed by atoms with Crippen LogP contribution in [-0.2, 0) is 6.54 Å². The van der Waals surface area contributed by atoms with Gasteiger partial charge < -0.3 is 10.6 Å². The molecule has 0 bridgehead atoms. The molecule has 0 aromatic heterocycles. The Kier molecular flexibility index (Phi) is 4.01. The Morgan fingerprint density at radius 2 is 1.87 bits per heavy atom. The average Bonchev–Trinajstić information content (AvgIpc) is 3.04. The van der Waals surface area contributed by atoms with Gasteiger partial charge in [-0.2, -0.15) is 0 Å². The van der Waals surface area contributed by atoms with E-state index in [2.05, 4.69) is 22.8 Å². The van der Waals surface area contributed by atoms with Crippen LogP contribution in [0.25, 0.3) is 0 Å². The van der Waals surface area contributed by atoms with Gasteiger partial charge in [-0.05, 0) is 30.5 Å². The van der Waals surface area contributed by atoms with Gasteiger partial charge in [0.1, 0.15) is 0 Å². The van der Waals surface area contributed by atoms with Crippen molar-refractivity contribution in [2.75, 3.05) is 13.1 Å². The third-order valence-electron chi connectivity index (χ3n) is 2.55. The Morgan fingerprint density at radius 1 is 1.13 bits per heavy atom. The topological polar surface area (TPSA) is 24.1 Å². The minimum atomic E-state index is 0.800. The third-order valence-corrected chi connectivity index (χ3v) is 2.81. The maximum atomic E-state index is 5.81. The number of nitrogens with one attached hydrogen (secondary N) is 2. The van der Waals surface area contributed by atoms with Crippen LogP contribution in [0.5, 0.6) is 0 Å². The van der Waals surface area contributed by atoms with E-state index in [0.717, 1.165) is 30.7 Å². The van der Waals surface area contributed by atoms with Crippen molar-refractivity contribution in [1.82, 2.24) is 10.6 Å². The molecular formula is C12H17ClN2. The van der Waals surface area contributed by atoms with Crippen molar-refractivity contribution in [3.05, 3.63) is 34.9 Å². The molecule has 3 heteroatoms. The standard InChI is InChI=1S/C12H17ClN2/c13-11-3-1-10(2-4-11)9-14-7-8-15-12-5-6-12/h1-4,12,14-15H,5-9H2. The Bertz CT molecular complexity index is 293. The van der Waals surface area contributed by atoms with E-state index in [9.17, 15) is 0 Å². The van der Waals surface area contributed by atoms with Crippen molar-refractivity contribution in [3.63, 3.8) is 0 Å². The summed E-state index contributed by atoms with van der Waals surface area (Å²) in [6.07, 6.45) is 2.72.